The van der Waals surface area contributed by atoms with E-state index in [4.69, 9.17) is 13.8 Å². The molecule has 0 radical (unpaired) electrons. The number of phosphoric ester groups is 1. The number of allylic oxidation sites excluding steroid dienone is 6. The van der Waals surface area contributed by atoms with Gasteiger partial charge in [0.05, 0.1) is 13.2 Å². The summed E-state index contributed by atoms with van der Waals surface area (Å²) in [6.07, 6.45) is 38.4. The number of nitrogens with one attached hydrogen (secondary N) is 1. The van der Waals surface area contributed by atoms with Crippen LogP contribution in [0.3, 0.4) is 0 Å². The molecule has 0 bridgehead atoms. The Kier molecular flexibility index (Phi) is 34.7. The van der Waals surface area contributed by atoms with Crippen LogP contribution in [0, 0.1) is 0 Å². The second-order valence-corrected chi connectivity index (χ2v) is 14.4. The maximum atomic E-state index is 12.0. The smallest absolute Gasteiger partial charge is 0.463 e. The number of hydrogen-bond donors (Lipinski definition) is 3. The number of carbonyl (C=O) groups is 2. The molecule has 49 heavy (non-hydrogen) atoms. The van der Waals surface area contributed by atoms with Gasteiger partial charge in [0, 0.05) is 19.4 Å². The van der Waals surface area contributed by atoms with Gasteiger partial charge in [-0.3, -0.25) is 18.6 Å². The molecule has 0 aliphatic heterocycles. The van der Waals surface area contributed by atoms with Crippen molar-refractivity contribution in [2.75, 3.05) is 26.4 Å². The van der Waals surface area contributed by atoms with Crippen molar-refractivity contribution in [2.45, 2.75) is 174 Å². The first-order chi connectivity index (χ1) is 23.8. The number of ether oxygens (including phenoxy) is 1. The summed E-state index contributed by atoms with van der Waals surface area (Å²) in [6, 6.07) is 0. The zero-order valence-electron chi connectivity index (χ0n) is 31.1. The van der Waals surface area contributed by atoms with E-state index in [1.165, 1.54) is 77.0 Å². The molecule has 0 heterocycles. The van der Waals surface area contributed by atoms with Gasteiger partial charge in [0.2, 0.25) is 5.91 Å². The Morgan fingerprint density at radius 2 is 1.10 bits per heavy atom. The van der Waals surface area contributed by atoms with Crippen LogP contribution in [0.4, 0.5) is 0 Å². The van der Waals surface area contributed by atoms with Crippen LogP contribution in [0.15, 0.2) is 36.5 Å². The van der Waals surface area contributed by atoms with Crippen molar-refractivity contribution in [3.8, 4) is 0 Å². The van der Waals surface area contributed by atoms with E-state index in [1.807, 2.05) is 0 Å². The molecule has 286 valence electrons. The van der Waals surface area contributed by atoms with E-state index in [0.717, 1.165) is 64.2 Å². The Bertz CT molecular complexity index is 907. The third kappa shape index (κ3) is 37.3. The van der Waals surface area contributed by atoms with Gasteiger partial charge in [0.15, 0.2) is 0 Å². The molecule has 0 spiro atoms. The lowest BCUT2D eigenvalue weighted by Crippen LogP contribution is -2.27. The highest BCUT2D eigenvalue weighted by Crippen LogP contribution is 2.42. The highest BCUT2D eigenvalue weighted by Gasteiger charge is 2.23. The van der Waals surface area contributed by atoms with Gasteiger partial charge in [-0.25, -0.2) is 4.57 Å². The fraction of sp³-hybridized carbons (Fsp3) is 0.795. The molecule has 2 unspecified atom stereocenters. The fourth-order valence-corrected chi connectivity index (χ4v) is 5.85. The van der Waals surface area contributed by atoms with Crippen LogP contribution in [0.2, 0.25) is 0 Å². The van der Waals surface area contributed by atoms with Crippen molar-refractivity contribution in [3.05, 3.63) is 36.5 Å². The van der Waals surface area contributed by atoms with Crippen LogP contribution in [0.25, 0.3) is 0 Å². The van der Waals surface area contributed by atoms with Crippen molar-refractivity contribution < 1.29 is 37.9 Å². The number of carbonyl (C=O) groups excluding carboxylic acids is 2. The first-order valence-corrected chi connectivity index (χ1v) is 21.0. The number of rotatable bonds is 36. The van der Waals surface area contributed by atoms with E-state index in [9.17, 15) is 24.2 Å². The summed E-state index contributed by atoms with van der Waals surface area (Å²) < 4.78 is 26.6. The Labute approximate surface area is 299 Å². The van der Waals surface area contributed by atoms with E-state index < -0.39 is 26.5 Å². The molecule has 0 aromatic rings. The summed E-state index contributed by atoms with van der Waals surface area (Å²) in [5.74, 6) is -0.534. The molecule has 0 saturated heterocycles. The molecule has 0 aliphatic rings. The molecule has 0 aliphatic carbocycles. The molecule has 0 fully saturated rings. The van der Waals surface area contributed by atoms with Crippen LogP contribution >= 0.6 is 7.82 Å². The van der Waals surface area contributed by atoms with Crippen LogP contribution < -0.4 is 5.32 Å². The molecule has 3 N–H and O–H groups in total. The quantitative estimate of drug-likeness (QED) is 0.0253. The van der Waals surface area contributed by atoms with Crippen LogP contribution in [0.1, 0.15) is 168 Å². The van der Waals surface area contributed by atoms with Crippen LogP contribution in [-0.4, -0.2) is 54.3 Å². The normalized spacial score (nSPS) is 13.8. The number of aliphatic hydroxyl groups excluding tert-OH is 1. The van der Waals surface area contributed by atoms with Crippen molar-refractivity contribution >= 4 is 19.7 Å². The average Bonchev–Trinajstić information content (AvgIpc) is 3.08. The van der Waals surface area contributed by atoms with Gasteiger partial charge < -0.3 is 20.1 Å². The largest absolute Gasteiger partial charge is 0.472 e. The third-order valence-electron chi connectivity index (χ3n) is 8.07. The van der Waals surface area contributed by atoms with Crippen molar-refractivity contribution in [2.24, 2.45) is 0 Å². The Morgan fingerprint density at radius 3 is 1.69 bits per heavy atom. The number of hydrogen-bond acceptors (Lipinski definition) is 7. The first kappa shape index (κ1) is 47.2. The topological polar surface area (TPSA) is 131 Å². The zero-order valence-corrected chi connectivity index (χ0v) is 32.0. The maximum absolute atomic E-state index is 12.0. The molecular formula is C39H72NO8P. The molecule has 2 atom stereocenters. The molecule has 0 saturated carbocycles. The average molecular weight is 714 g/mol. The summed E-state index contributed by atoms with van der Waals surface area (Å²) >= 11 is 0. The molecule has 0 aromatic heterocycles. The minimum atomic E-state index is -4.40. The minimum absolute atomic E-state index is 0.0795. The zero-order chi connectivity index (χ0) is 36.1. The van der Waals surface area contributed by atoms with Crippen molar-refractivity contribution in [1.82, 2.24) is 5.32 Å². The molecule has 0 rings (SSSR count). The van der Waals surface area contributed by atoms with E-state index in [1.54, 1.807) is 0 Å². The lowest BCUT2D eigenvalue weighted by atomic mass is 10.0. The SMILES string of the molecule is CCCCC/C=C\C/C=C\C/C=C\CCCCCCCCCCCCC(=O)NCCOP(=O)(O)OCC(O)COC(=O)CCCCCCC. The second kappa shape index (κ2) is 36.0. The van der Waals surface area contributed by atoms with Crippen LogP contribution in [-0.2, 0) is 27.9 Å². The molecule has 1 amide bonds. The standard InChI is InChI=1S/C39H72NO8P/c1-3-5-7-9-10-11-12-13-14-15-16-17-18-19-20-21-22-23-24-25-26-28-29-31-38(42)40-33-34-47-49(44,45)48-36-37(41)35-46-39(43)32-30-27-8-6-4-2/h10-11,13-14,16-17,37,41H,3-9,12,15,18-36H2,1-2H3,(H,40,42)(H,44,45)/b11-10-,14-13-,17-16-. The second-order valence-electron chi connectivity index (χ2n) is 12.9. The Balaban J connectivity index is 3.55. The Morgan fingerprint density at radius 1 is 0.633 bits per heavy atom. The summed E-state index contributed by atoms with van der Waals surface area (Å²) in [6.45, 7) is 3.40. The fourth-order valence-electron chi connectivity index (χ4n) is 5.09. The van der Waals surface area contributed by atoms with Crippen LogP contribution in [0.5, 0.6) is 0 Å². The predicted octanol–water partition coefficient (Wildman–Crippen LogP) is 10.2. The number of aliphatic hydroxyl groups is 1. The van der Waals surface area contributed by atoms with Gasteiger partial charge in [0.1, 0.15) is 12.7 Å². The van der Waals surface area contributed by atoms with Gasteiger partial charge in [-0.2, -0.15) is 0 Å². The lowest BCUT2D eigenvalue weighted by Gasteiger charge is -2.15. The summed E-state index contributed by atoms with van der Waals surface area (Å²) in [5.41, 5.74) is 0. The van der Waals surface area contributed by atoms with Gasteiger partial charge in [-0.05, 0) is 51.4 Å². The van der Waals surface area contributed by atoms with Gasteiger partial charge in [0.25, 0.3) is 0 Å². The lowest BCUT2D eigenvalue weighted by molar-refractivity contribution is -0.147. The molecular weight excluding hydrogens is 641 g/mol. The molecule has 0 aromatic carbocycles. The summed E-state index contributed by atoms with van der Waals surface area (Å²) in [4.78, 5) is 33.5. The third-order valence-corrected chi connectivity index (χ3v) is 9.06. The summed E-state index contributed by atoms with van der Waals surface area (Å²) in [5, 5.41) is 12.5. The molecule has 10 heteroatoms. The Hall–Kier alpha value is -1.77. The molecule has 9 nitrogen and oxygen atoms in total. The highest BCUT2D eigenvalue weighted by atomic mass is 31.2. The first-order valence-electron chi connectivity index (χ1n) is 19.5. The van der Waals surface area contributed by atoms with Gasteiger partial charge in [-0.15, -0.1) is 0 Å². The predicted molar refractivity (Wildman–Crippen MR) is 201 cm³/mol. The van der Waals surface area contributed by atoms with E-state index >= 15 is 0 Å². The number of amides is 1. The van der Waals surface area contributed by atoms with E-state index in [2.05, 4.69) is 55.6 Å². The van der Waals surface area contributed by atoms with Gasteiger partial charge >= 0.3 is 13.8 Å². The number of unbranched alkanes of at least 4 members (excludes halogenated alkanes) is 17. The maximum Gasteiger partial charge on any atom is 0.472 e. The summed E-state index contributed by atoms with van der Waals surface area (Å²) in [7, 11) is -4.40. The number of esters is 1. The highest BCUT2D eigenvalue weighted by molar-refractivity contribution is 7.47. The van der Waals surface area contributed by atoms with E-state index in [-0.39, 0.29) is 32.1 Å². The van der Waals surface area contributed by atoms with Crippen molar-refractivity contribution in [1.29, 1.82) is 0 Å². The number of phosphoric acid groups is 1. The van der Waals surface area contributed by atoms with E-state index in [0.29, 0.717) is 6.42 Å². The minimum Gasteiger partial charge on any atom is -0.463 e. The van der Waals surface area contributed by atoms with Gasteiger partial charge in [-0.1, -0.05) is 140 Å². The van der Waals surface area contributed by atoms with Crippen molar-refractivity contribution in [3.63, 3.8) is 0 Å². The monoisotopic (exact) mass is 713 g/mol.